The number of carboxylic acid groups (broad SMARTS) is 1. The molecular formula is C11H12N2O4. The second kappa shape index (κ2) is 4.04. The van der Waals surface area contributed by atoms with Gasteiger partial charge in [0.05, 0.1) is 4.92 Å². The standard InChI is InChI=1S/C11H12N2O4/c14-10(15)11(5-2-6-11)12-8-3-1-4-9(7-8)13(16)17/h1,3-4,7,12H,2,5-6H2,(H,14,15). The van der Waals surface area contributed by atoms with Crippen molar-refractivity contribution in [1.82, 2.24) is 0 Å². The topological polar surface area (TPSA) is 92.5 Å². The fourth-order valence-corrected chi connectivity index (χ4v) is 1.90. The molecule has 0 heterocycles. The van der Waals surface area contributed by atoms with E-state index in [-0.39, 0.29) is 5.69 Å². The molecule has 0 radical (unpaired) electrons. The van der Waals surface area contributed by atoms with Crippen LogP contribution in [0.3, 0.4) is 0 Å². The first-order valence-electron chi connectivity index (χ1n) is 5.29. The third-order valence-corrected chi connectivity index (χ3v) is 3.06. The van der Waals surface area contributed by atoms with Gasteiger partial charge in [0.15, 0.2) is 0 Å². The van der Waals surface area contributed by atoms with Crippen LogP contribution in [0.4, 0.5) is 11.4 Å². The molecule has 0 spiro atoms. The van der Waals surface area contributed by atoms with Crippen LogP contribution in [0.25, 0.3) is 0 Å². The van der Waals surface area contributed by atoms with Gasteiger partial charge in [-0.3, -0.25) is 10.1 Å². The number of nitrogens with one attached hydrogen (secondary N) is 1. The molecule has 1 aliphatic rings. The van der Waals surface area contributed by atoms with E-state index < -0.39 is 16.4 Å². The summed E-state index contributed by atoms with van der Waals surface area (Å²) >= 11 is 0. The Labute approximate surface area is 97.4 Å². The first-order valence-corrected chi connectivity index (χ1v) is 5.29. The van der Waals surface area contributed by atoms with Crippen LogP contribution in [0.2, 0.25) is 0 Å². The molecule has 1 aromatic rings. The maximum absolute atomic E-state index is 11.1. The molecule has 1 fully saturated rings. The van der Waals surface area contributed by atoms with Crippen molar-refractivity contribution in [2.24, 2.45) is 0 Å². The van der Waals surface area contributed by atoms with E-state index in [0.717, 1.165) is 6.42 Å². The van der Waals surface area contributed by atoms with Crippen LogP contribution < -0.4 is 5.32 Å². The number of nitro groups is 1. The fourth-order valence-electron chi connectivity index (χ4n) is 1.90. The monoisotopic (exact) mass is 236 g/mol. The molecule has 2 rings (SSSR count). The van der Waals surface area contributed by atoms with Gasteiger partial charge < -0.3 is 10.4 Å². The molecule has 90 valence electrons. The molecule has 1 aliphatic carbocycles. The van der Waals surface area contributed by atoms with Gasteiger partial charge in [-0.25, -0.2) is 4.79 Å². The van der Waals surface area contributed by atoms with Gasteiger partial charge in [0.1, 0.15) is 5.54 Å². The van der Waals surface area contributed by atoms with E-state index in [0.29, 0.717) is 18.5 Å². The molecule has 6 heteroatoms. The molecule has 2 N–H and O–H groups in total. The Bertz CT molecular complexity index is 468. The molecule has 0 unspecified atom stereocenters. The third kappa shape index (κ3) is 2.06. The number of anilines is 1. The van der Waals surface area contributed by atoms with Crippen LogP contribution in [-0.4, -0.2) is 21.5 Å². The smallest absolute Gasteiger partial charge is 0.329 e. The first kappa shape index (κ1) is 11.4. The summed E-state index contributed by atoms with van der Waals surface area (Å²) in [5, 5.41) is 22.6. The lowest BCUT2D eigenvalue weighted by Crippen LogP contribution is -2.52. The minimum absolute atomic E-state index is 0.0464. The summed E-state index contributed by atoms with van der Waals surface area (Å²) in [4.78, 5) is 21.2. The van der Waals surface area contributed by atoms with Crippen molar-refractivity contribution in [3.8, 4) is 0 Å². The van der Waals surface area contributed by atoms with E-state index in [9.17, 15) is 14.9 Å². The number of aliphatic carboxylic acids is 1. The van der Waals surface area contributed by atoms with E-state index in [2.05, 4.69) is 5.32 Å². The lowest BCUT2D eigenvalue weighted by atomic mass is 9.76. The zero-order valence-corrected chi connectivity index (χ0v) is 9.05. The predicted molar refractivity (Wildman–Crippen MR) is 60.9 cm³/mol. The summed E-state index contributed by atoms with van der Waals surface area (Å²) in [7, 11) is 0. The summed E-state index contributed by atoms with van der Waals surface area (Å²) < 4.78 is 0. The molecule has 1 saturated carbocycles. The zero-order chi connectivity index (χ0) is 12.5. The number of benzene rings is 1. The van der Waals surface area contributed by atoms with Crippen LogP contribution in [0.1, 0.15) is 19.3 Å². The van der Waals surface area contributed by atoms with E-state index in [1.165, 1.54) is 18.2 Å². The second-order valence-electron chi connectivity index (χ2n) is 4.17. The molecule has 6 nitrogen and oxygen atoms in total. The normalized spacial score (nSPS) is 16.9. The van der Waals surface area contributed by atoms with Crippen molar-refractivity contribution in [2.45, 2.75) is 24.8 Å². The Hall–Kier alpha value is -2.11. The maximum Gasteiger partial charge on any atom is 0.329 e. The number of carbonyl (C=O) groups is 1. The van der Waals surface area contributed by atoms with Gasteiger partial charge in [-0.05, 0) is 25.3 Å². The number of carboxylic acids is 1. The summed E-state index contributed by atoms with van der Waals surface area (Å²) in [5.41, 5.74) is -0.522. The highest BCUT2D eigenvalue weighted by Crippen LogP contribution is 2.36. The van der Waals surface area contributed by atoms with Crippen LogP contribution in [0.5, 0.6) is 0 Å². The van der Waals surface area contributed by atoms with Crippen LogP contribution in [0, 0.1) is 10.1 Å². The lowest BCUT2D eigenvalue weighted by Gasteiger charge is -2.39. The number of nitro benzene ring substituents is 1. The van der Waals surface area contributed by atoms with Crippen molar-refractivity contribution in [1.29, 1.82) is 0 Å². The Balaban J connectivity index is 2.21. The number of hydrogen-bond donors (Lipinski definition) is 2. The molecular weight excluding hydrogens is 224 g/mol. The minimum atomic E-state index is -0.949. The number of hydrogen-bond acceptors (Lipinski definition) is 4. The molecule has 0 bridgehead atoms. The summed E-state index contributed by atoms with van der Waals surface area (Å²) in [5.74, 6) is -0.907. The van der Waals surface area contributed by atoms with E-state index in [1.54, 1.807) is 6.07 Å². The Kier molecular flexibility index (Phi) is 2.71. The first-order chi connectivity index (χ1) is 8.03. The highest BCUT2D eigenvalue weighted by molar-refractivity contribution is 5.84. The highest BCUT2D eigenvalue weighted by atomic mass is 16.6. The Morgan fingerprint density at radius 1 is 1.47 bits per heavy atom. The van der Waals surface area contributed by atoms with Gasteiger partial charge in [-0.1, -0.05) is 6.07 Å². The van der Waals surface area contributed by atoms with Crippen LogP contribution in [0.15, 0.2) is 24.3 Å². The molecule has 0 aliphatic heterocycles. The second-order valence-corrected chi connectivity index (χ2v) is 4.17. The van der Waals surface area contributed by atoms with E-state index >= 15 is 0 Å². The largest absolute Gasteiger partial charge is 0.480 e. The minimum Gasteiger partial charge on any atom is -0.480 e. The number of nitrogens with zero attached hydrogens (tertiary/aromatic N) is 1. The van der Waals surface area contributed by atoms with Gasteiger partial charge in [0, 0.05) is 17.8 Å². The molecule has 17 heavy (non-hydrogen) atoms. The SMILES string of the molecule is O=C(O)C1(Nc2cccc([N+](=O)[O-])c2)CCC1. The van der Waals surface area contributed by atoms with Crippen molar-refractivity contribution in [2.75, 3.05) is 5.32 Å². The summed E-state index contributed by atoms with van der Waals surface area (Å²) in [6, 6.07) is 5.90. The van der Waals surface area contributed by atoms with Crippen LogP contribution >= 0.6 is 0 Å². The van der Waals surface area contributed by atoms with Gasteiger partial charge >= 0.3 is 5.97 Å². The molecule has 0 amide bonds. The number of rotatable bonds is 4. The summed E-state index contributed by atoms with van der Waals surface area (Å²) in [6.07, 6.45) is 1.95. The van der Waals surface area contributed by atoms with Gasteiger partial charge in [0.25, 0.3) is 5.69 Å². The van der Waals surface area contributed by atoms with Crippen molar-refractivity contribution in [3.63, 3.8) is 0 Å². The van der Waals surface area contributed by atoms with E-state index in [4.69, 9.17) is 5.11 Å². The van der Waals surface area contributed by atoms with Crippen molar-refractivity contribution in [3.05, 3.63) is 34.4 Å². The lowest BCUT2D eigenvalue weighted by molar-refractivity contribution is -0.384. The highest BCUT2D eigenvalue weighted by Gasteiger charge is 2.44. The van der Waals surface area contributed by atoms with E-state index in [1.807, 2.05) is 0 Å². The third-order valence-electron chi connectivity index (χ3n) is 3.06. The molecule has 0 atom stereocenters. The van der Waals surface area contributed by atoms with Crippen LogP contribution in [-0.2, 0) is 4.79 Å². The summed E-state index contributed by atoms with van der Waals surface area (Å²) in [6.45, 7) is 0. The average Bonchev–Trinajstić information content (AvgIpc) is 2.23. The van der Waals surface area contributed by atoms with Gasteiger partial charge in [-0.2, -0.15) is 0 Å². The molecule has 0 saturated heterocycles. The fraction of sp³-hybridized carbons (Fsp3) is 0.364. The molecule has 1 aromatic carbocycles. The van der Waals surface area contributed by atoms with Gasteiger partial charge in [-0.15, -0.1) is 0 Å². The van der Waals surface area contributed by atoms with Gasteiger partial charge in [0.2, 0.25) is 0 Å². The van der Waals surface area contributed by atoms with Crippen molar-refractivity contribution >= 4 is 17.3 Å². The number of non-ortho nitro benzene ring substituents is 1. The predicted octanol–water partition coefficient (Wildman–Crippen LogP) is 2.01. The quantitative estimate of drug-likeness (QED) is 0.616. The zero-order valence-electron chi connectivity index (χ0n) is 9.05. The Morgan fingerprint density at radius 3 is 2.65 bits per heavy atom. The molecule has 0 aromatic heterocycles. The maximum atomic E-state index is 11.1. The average molecular weight is 236 g/mol. The van der Waals surface area contributed by atoms with Crippen molar-refractivity contribution < 1.29 is 14.8 Å². The Morgan fingerprint density at radius 2 is 2.18 bits per heavy atom.